The van der Waals surface area contributed by atoms with E-state index in [2.05, 4.69) is 14.7 Å². The number of hydrogen-bond donors (Lipinski definition) is 1. The van der Waals surface area contributed by atoms with E-state index in [1.807, 2.05) is 0 Å². The molecule has 0 aliphatic carbocycles. The van der Waals surface area contributed by atoms with E-state index in [4.69, 9.17) is 5.11 Å². The SMILES string of the molecule is CC(C)c1noc(C(C)C(O)C(F)(F)F)n1. The Labute approximate surface area is 90.5 Å². The van der Waals surface area contributed by atoms with E-state index in [1.165, 1.54) is 6.92 Å². The molecule has 0 bridgehead atoms. The lowest BCUT2D eigenvalue weighted by Gasteiger charge is -2.18. The van der Waals surface area contributed by atoms with Gasteiger partial charge in [0.05, 0.1) is 5.92 Å². The van der Waals surface area contributed by atoms with Gasteiger partial charge in [0.2, 0.25) is 5.89 Å². The molecule has 2 atom stereocenters. The third-order valence-electron chi connectivity index (χ3n) is 2.17. The Kier molecular flexibility index (Phi) is 3.57. The molecule has 2 unspecified atom stereocenters. The molecule has 4 nitrogen and oxygen atoms in total. The second-order valence-electron chi connectivity index (χ2n) is 3.92. The maximum Gasteiger partial charge on any atom is 0.415 e. The van der Waals surface area contributed by atoms with Crippen LogP contribution in [-0.4, -0.2) is 27.5 Å². The van der Waals surface area contributed by atoms with Crippen molar-refractivity contribution in [3.63, 3.8) is 0 Å². The molecular weight excluding hydrogens is 225 g/mol. The number of alkyl halides is 3. The first-order valence-corrected chi connectivity index (χ1v) is 4.81. The molecule has 7 heteroatoms. The molecule has 0 spiro atoms. The largest absolute Gasteiger partial charge is 0.415 e. The molecule has 1 rings (SSSR count). The number of nitrogens with zero attached hydrogens (tertiary/aromatic N) is 2. The highest BCUT2D eigenvalue weighted by molar-refractivity contribution is 4.99. The Morgan fingerprint density at radius 2 is 1.81 bits per heavy atom. The molecule has 0 aliphatic heterocycles. The summed E-state index contributed by atoms with van der Waals surface area (Å²) in [6.07, 6.45) is -7.18. The molecule has 0 aliphatic rings. The molecule has 16 heavy (non-hydrogen) atoms. The van der Waals surface area contributed by atoms with E-state index in [-0.39, 0.29) is 11.8 Å². The molecule has 92 valence electrons. The van der Waals surface area contributed by atoms with Gasteiger partial charge >= 0.3 is 6.18 Å². The van der Waals surface area contributed by atoms with Crippen molar-refractivity contribution in [1.29, 1.82) is 0 Å². The van der Waals surface area contributed by atoms with E-state index in [9.17, 15) is 13.2 Å². The van der Waals surface area contributed by atoms with Gasteiger partial charge in [0.15, 0.2) is 11.9 Å². The van der Waals surface area contributed by atoms with Crippen LogP contribution in [0.15, 0.2) is 4.52 Å². The van der Waals surface area contributed by atoms with Crippen molar-refractivity contribution in [2.24, 2.45) is 0 Å². The van der Waals surface area contributed by atoms with Crippen LogP contribution in [-0.2, 0) is 0 Å². The van der Waals surface area contributed by atoms with Gasteiger partial charge in [0.1, 0.15) is 0 Å². The first-order chi connectivity index (χ1) is 7.23. The van der Waals surface area contributed by atoms with Crippen LogP contribution in [0.3, 0.4) is 0 Å². The van der Waals surface area contributed by atoms with Gasteiger partial charge in [-0.15, -0.1) is 0 Å². The number of aliphatic hydroxyl groups is 1. The lowest BCUT2D eigenvalue weighted by atomic mass is 10.0. The summed E-state index contributed by atoms with van der Waals surface area (Å²) in [4.78, 5) is 3.81. The van der Waals surface area contributed by atoms with Crippen molar-refractivity contribution < 1.29 is 22.8 Å². The molecule has 0 fully saturated rings. The highest BCUT2D eigenvalue weighted by Gasteiger charge is 2.44. The van der Waals surface area contributed by atoms with Crippen LogP contribution in [0.5, 0.6) is 0 Å². The third kappa shape index (κ3) is 2.72. The third-order valence-corrected chi connectivity index (χ3v) is 2.17. The number of aliphatic hydroxyl groups excluding tert-OH is 1. The summed E-state index contributed by atoms with van der Waals surface area (Å²) in [5.74, 6) is -1.17. The summed E-state index contributed by atoms with van der Waals surface area (Å²) in [7, 11) is 0. The minimum absolute atomic E-state index is 0.0345. The fourth-order valence-corrected chi connectivity index (χ4v) is 1.09. The zero-order chi connectivity index (χ0) is 12.5. The fourth-order valence-electron chi connectivity index (χ4n) is 1.09. The van der Waals surface area contributed by atoms with Crippen LogP contribution < -0.4 is 0 Å². The average Bonchev–Trinajstić information content (AvgIpc) is 2.62. The standard InChI is InChI=1S/C9H13F3N2O2/c1-4(2)7-13-8(16-14-7)5(3)6(15)9(10,11)12/h4-6,15H,1-3H3. The molecule has 0 saturated heterocycles. The predicted octanol–water partition coefficient (Wildman–Crippen LogP) is 2.22. The van der Waals surface area contributed by atoms with Gasteiger partial charge in [-0.1, -0.05) is 25.9 Å². The predicted molar refractivity (Wildman–Crippen MR) is 48.9 cm³/mol. The lowest BCUT2D eigenvalue weighted by molar-refractivity contribution is -0.210. The van der Waals surface area contributed by atoms with Crippen LogP contribution >= 0.6 is 0 Å². The maximum absolute atomic E-state index is 12.2. The van der Waals surface area contributed by atoms with Crippen molar-refractivity contribution in [2.75, 3.05) is 0 Å². The Hall–Kier alpha value is -1.11. The van der Waals surface area contributed by atoms with Gasteiger partial charge in [-0.3, -0.25) is 0 Å². The normalized spacial score (nSPS) is 16.5. The molecule has 1 heterocycles. The highest BCUT2D eigenvalue weighted by atomic mass is 19.4. The van der Waals surface area contributed by atoms with E-state index < -0.39 is 18.2 Å². The van der Waals surface area contributed by atoms with Crippen LogP contribution in [0, 0.1) is 0 Å². The molecule has 1 N–H and O–H groups in total. The summed E-state index contributed by atoms with van der Waals surface area (Å²) in [6.45, 7) is 4.77. The second-order valence-corrected chi connectivity index (χ2v) is 3.92. The van der Waals surface area contributed by atoms with E-state index in [1.54, 1.807) is 13.8 Å². The minimum Gasteiger partial charge on any atom is -0.383 e. The lowest BCUT2D eigenvalue weighted by Crippen LogP contribution is -2.33. The monoisotopic (exact) mass is 238 g/mol. The van der Waals surface area contributed by atoms with E-state index in [0.717, 1.165) is 0 Å². The maximum atomic E-state index is 12.2. The minimum atomic E-state index is -4.69. The topological polar surface area (TPSA) is 59.2 Å². The van der Waals surface area contributed by atoms with Crippen molar-refractivity contribution in [2.45, 2.75) is 44.9 Å². The molecule has 1 aromatic rings. The smallest absolute Gasteiger partial charge is 0.383 e. The van der Waals surface area contributed by atoms with Gasteiger partial charge in [-0.2, -0.15) is 18.2 Å². The molecule has 0 aromatic carbocycles. The van der Waals surface area contributed by atoms with Crippen molar-refractivity contribution in [3.05, 3.63) is 11.7 Å². The zero-order valence-electron chi connectivity index (χ0n) is 9.12. The van der Waals surface area contributed by atoms with Gasteiger partial charge in [-0.25, -0.2) is 0 Å². The highest BCUT2D eigenvalue weighted by Crippen LogP contribution is 2.31. The van der Waals surface area contributed by atoms with Gasteiger partial charge in [-0.05, 0) is 0 Å². The Balaban J connectivity index is 2.84. The van der Waals surface area contributed by atoms with Crippen molar-refractivity contribution in [1.82, 2.24) is 10.1 Å². The number of rotatable bonds is 3. The summed E-state index contributed by atoms with van der Waals surface area (Å²) < 4.78 is 41.3. The number of halogens is 3. The first-order valence-electron chi connectivity index (χ1n) is 4.81. The summed E-state index contributed by atoms with van der Waals surface area (Å²) in [5.41, 5.74) is 0. The average molecular weight is 238 g/mol. The van der Waals surface area contributed by atoms with Crippen LogP contribution in [0.25, 0.3) is 0 Å². The van der Waals surface area contributed by atoms with Crippen molar-refractivity contribution in [3.8, 4) is 0 Å². The Morgan fingerprint density at radius 3 is 2.19 bits per heavy atom. The quantitative estimate of drug-likeness (QED) is 0.877. The number of aromatic nitrogens is 2. The van der Waals surface area contributed by atoms with Crippen LogP contribution in [0.4, 0.5) is 13.2 Å². The molecular formula is C9H13F3N2O2. The van der Waals surface area contributed by atoms with E-state index in [0.29, 0.717) is 5.82 Å². The molecule has 0 saturated carbocycles. The van der Waals surface area contributed by atoms with Crippen molar-refractivity contribution >= 4 is 0 Å². The Bertz CT molecular complexity index is 349. The molecule has 1 aromatic heterocycles. The van der Waals surface area contributed by atoms with E-state index >= 15 is 0 Å². The Morgan fingerprint density at radius 1 is 1.25 bits per heavy atom. The van der Waals surface area contributed by atoms with Crippen LogP contribution in [0.1, 0.15) is 44.3 Å². The number of hydrogen-bond acceptors (Lipinski definition) is 4. The summed E-state index contributed by atoms with van der Waals surface area (Å²) in [6, 6.07) is 0. The fraction of sp³-hybridized carbons (Fsp3) is 0.778. The molecule has 0 amide bonds. The summed E-state index contributed by atoms with van der Waals surface area (Å²) in [5, 5.41) is 12.5. The van der Waals surface area contributed by atoms with Crippen LogP contribution in [0.2, 0.25) is 0 Å². The van der Waals surface area contributed by atoms with Gasteiger partial charge in [0.25, 0.3) is 0 Å². The second kappa shape index (κ2) is 4.40. The molecule has 0 radical (unpaired) electrons. The summed E-state index contributed by atoms with van der Waals surface area (Å²) >= 11 is 0. The van der Waals surface area contributed by atoms with Gasteiger partial charge < -0.3 is 9.63 Å². The first kappa shape index (κ1) is 13.0. The van der Waals surface area contributed by atoms with Gasteiger partial charge in [0, 0.05) is 5.92 Å². The zero-order valence-corrected chi connectivity index (χ0v) is 9.12.